The van der Waals surface area contributed by atoms with Gasteiger partial charge in [-0.05, 0) is 24.7 Å². The van der Waals surface area contributed by atoms with Crippen molar-refractivity contribution in [3.63, 3.8) is 0 Å². The second kappa shape index (κ2) is 6.57. The summed E-state index contributed by atoms with van der Waals surface area (Å²) in [6, 6.07) is 11.6. The summed E-state index contributed by atoms with van der Waals surface area (Å²) < 4.78 is 0. The van der Waals surface area contributed by atoms with Gasteiger partial charge in [0, 0.05) is 0 Å². The Morgan fingerprint density at radius 1 is 1.07 bits per heavy atom. The molecular formula is C13H17Rb. The van der Waals surface area contributed by atoms with E-state index in [9.17, 15) is 0 Å². The first-order valence-corrected chi connectivity index (χ1v) is 5.32. The largest absolute Gasteiger partial charge is 1.00 e. The Morgan fingerprint density at radius 3 is 2.21 bits per heavy atom. The fraction of sp³-hybridized carbons (Fsp3) is 0.538. The first-order chi connectivity index (χ1) is 6.36. The van der Waals surface area contributed by atoms with Gasteiger partial charge in [-0.1, -0.05) is 19.8 Å². The zero-order chi connectivity index (χ0) is 9.10. The molecule has 0 heterocycles. The first kappa shape index (κ1) is 13.1. The van der Waals surface area contributed by atoms with Crippen molar-refractivity contribution in [2.45, 2.75) is 38.5 Å². The summed E-state index contributed by atoms with van der Waals surface area (Å²) in [6.07, 6.45) is 5.57. The fourth-order valence-electron chi connectivity index (χ4n) is 2.27. The first-order valence-electron chi connectivity index (χ1n) is 5.32. The number of benzene rings is 1. The molecule has 0 aromatic heterocycles. The average molecular weight is 259 g/mol. The SMILES string of the molecule is CC1CCC(c2cc[c-]cc2)CC1.[Rb+]. The van der Waals surface area contributed by atoms with E-state index in [0.717, 1.165) is 11.8 Å². The molecule has 0 N–H and O–H groups in total. The van der Waals surface area contributed by atoms with Crippen LogP contribution in [0.5, 0.6) is 0 Å². The molecule has 2 rings (SSSR count). The van der Waals surface area contributed by atoms with E-state index in [4.69, 9.17) is 0 Å². The van der Waals surface area contributed by atoms with Gasteiger partial charge in [0.15, 0.2) is 0 Å². The molecule has 0 radical (unpaired) electrons. The quantitative estimate of drug-likeness (QED) is 0.654. The molecule has 14 heavy (non-hydrogen) atoms. The fourth-order valence-corrected chi connectivity index (χ4v) is 2.27. The van der Waals surface area contributed by atoms with E-state index < -0.39 is 0 Å². The summed E-state index contributed by atoms with van der Waals surface area (Å²) in [7, 11) is 0. The zero-order valence-corrected chi connectivity index (χ0v) is 14.2. The van der Waals surface area contributed by atoms with Crippen molar-refractivity contribution in [1.82, 2.24) is 0 Å². The minimum atomic E-state index is 0. The predicted molar refractivity (Wildman–Crippen MR) is 55.7 cm³/mol. The van der Waals surface area contributed by atoms with Crippen LogP contribution in [-0.4, -0.2) is 0 Å². The van der Waals surface area contributed by atoms with E-state index in [1.54, 1.807) is 0 Å². The topological polar surface area (TPSA) is 0 Å². The third-order valence-corrected chi connectivity index (χ3v) is 3.23. The molecule has 1 aliphatic carbocycles. The molecule has 0 atom stereocenters. The second-order valence-corrected chi connectivity index (χ2v) is 4.29. The Balaban J connectivity index is 0.000000980. The van der Waals surface area contributed by atoms with Gasteiger partial charge in [0.2, 0.25) is 0 Å². The molecule has 0 unspecified atom stereocenters. The van der Waals surface area contributed by atoms with Crippen LogP contribution in [0.2, 0.25) is 0 Å². The summed E-state index contributed by atoms with van der Waals surface area (Å²) in [5.74, 6) is 1.78. The standard InChI is InChI=1S/C13H17.Rb/c1-11-7-9-13(10-8-11)12-5-3-2-4-6-12;/h3-6,11,13H,7-10H2,1H3;/q-1;+1. The van der Waals surface area contributed by atoms with Gasteiger partial charge in [0.25, 0.3) is 0 Å². The van der Waals surface area contributed by atoms with Gasteiger partial charge in [-0.15, -0.1) is 0 Å². The molecule has 0 bridgehead atoms. The van der Waals surface area contributed by atoms with Crippen molar-refractivity contribution < 1.29 is 58.2 Å². The Morgan fingerprint density at radius 2 is 1.64 bits per heavy atom. The van der Waals surface area contributed by atoms with Crippen LogP contribution in [0.3, 0.4) is 0 Å². The predicted octanol–water partition coefficient (Wildman–Crippen LogP) is 0.784. The van der Waals surface area contributed by atoms with Gasteiger partial charge in [-0.2, -0.15) is 35.9 Å². The molecule has 1 aromatic carbocycles. The maximum absolute atomic E-state index is 3.08. The van der Waals surface area contributed by atoms with Crippen LogP contribution < -0.4 is 58.2 Å². The van der Waals surface area contributed by atoms with Gasteiger partial charge in [-0.3, -0.25) is 0 Å². The van der Waals surface area contributed by atoms with E-state index in [2.05, 4.69) is 25.1 Å². The molecule has 0 spiro atoms. The van der Waals surface area contributed by atoms with Crippen molar-refractivity contribution in [1.29, 1.82) is 0 Å². The molecule has 0 aliphatic heterocycles. The molecule has 1 aromatic rings. The van der Waals surface area contributed by atoms with Crippen LogP contribution in [-0.2, 0) is 0 Å². The Hall–Kier alpha value is 1.03. The Kier molecular flexibility index (Phi) is 6.15. The van der Waals surface area contributed by atoms with Gasteiger partial charge >= 0.3 is 58.2 Å². The number of rotatable bonds is 1. The van der Waals surface area contributed by atoms with Crippen LogP contribution in [0, 0.1) is 12.0 Å². The molecule has 70 valence electrons. The zero-order valence-electron chi connectivity index (χ0n) is 9.29. The van der Waals surface area contributed by atoms with E-state index in [-0.39, 0.29) is 58.2 Å². The second-order valence-electron chi connectivity index (χ2n) is 4.29. The minimum absolute atomic E-state index is 0. The van der Waals surface area contributed by atoms with E-state index >= 15 is 0 Å². The summed E-state index contributed by atoms with van der Waals surface area (Å²) in [5.41, 5.74) is 1.52. The average Bonchev–Trinajstić information content (AvgIpc) is 2.20. The monoisotopic (exact) mass is 258 g/mol. The molecule has 0 saturated heterocycles. The molecule has 1 fully saturated rings. The van der Waals surface area contributed by atoms with E-state index in [1.807, 2.05) is 12.1 Å². The molecule has 1 heteroatoms. The third kappa shape index (κ3) is 3.55. The van der Waals surface area contributed by atoms with Crippen LogP contribution in [0.25, 0.3) is 0 Å². The minimum Gasteiger partial charge on any atom is -0.184 e. The van der Waals surface area contributed by atoms with Crippen molar-refractivity contribution in [3.05, 3.63) is 35.9 Å². The van der Waals surface area contributed by atoms with Gasteiger partial charge in [0.1, 0.15) is 0 Å². The van der Waals surface area contributed by atoms with Crippen LogP contribution in [0.15, 0.2) is 24.3 Å². The molecule has 0 amide bonds. The van der Waals surface area contributed by atoms with Gasteiger partial charge < -0.3 is 0 Å². The third-order valence-electron chi connectivity index (χ3n) is 3.23. The maximum atomic E-state index is 3.08. The molecule has 1 saturated carbocycles. The van der Waals surface area contributed by atoms with E-state index in [1.165, 1.54) is 31.2 Å². The number of hydrogen-bond acceptors (Lipinski definition) is 0. The van der Waals surface area contributed by atoms with Crippen molar-refractivity contribution >= 4 is 0 Å². The summed E-state index contributed by atoms with van der Waals surface area (Å²) in [6.45, 7) is 2.37. The van der Waals surface area contributed by atoms with Crippen LogP contribution >= 0.6 is 0 Å². The normalized spacial score (nSPS) is 26.6. The van der Waals surface area contributed by atoms with Gasteiger partial charge in [-0.25, -0.2) is 0 Å². The Bertz CT molecular complexity index is 247. The maximum Gasteiger partial charge on any atom is 1.00 e. The summed E-state index contributed by atoms with van der Waals surface area (Å²) >= 11 is 0. The van der Waals surface area contributed by atoms with Crippen molar-refractivity contribution in [2.24, 2.45) is 5.92 Å². The smallest absolute Gasteiger partial charge is 0.184 e. The summed E-state index contributed by atoms with van der Waals surface area (Å²) in [5, 5.41) is 0. The Labute approximate surface area is 136 Å². The molecule has 1 aliphatic rings. The van der Waals surface area contributed by atoms with Crippen LogP contribution in [0.1, 0.15) is 44.1 Å². The molecule has 0 nitrogen and oxygen atoms in total. The van der Waals surface area contributed by atoms with E-state index in [0.29, 0.717) is 0 Å². The van der Waals surface area contributed by atoms with Crippen molar-refractivity contribution in [2.75, 3.05) is 0 Å². The molecular weight excluding hydrogens is 242 g/mol. The van der Waals surface area contributed by atoms with Crippen molar-refractivity contribution in [3.8, 4) is 0 Å². The van der Waals surface area contributed by atoms with Gasteiger partial charge in [0.05, 0.1) is 0 Å². The number of hydrogen-bond donors (Lipinski definition) is 0. The summed E-state index contributed by atoms with van der Waals surface area (Å²) in [4.78, 5) is 0. The van der Waals surface area contributed by atoms with Crippen LogP contribution in [0.4, 0.5) is 0 Å².